The number of likely N-dealkylation sites (N-methyl/N-ethyl adjacent to an activating group) is 1. The minimum Gasteiger partial charge on any atom is -0.490 e. The molecule has 0 saturated carbocycles. The van der Waals surface area contributed by atoms with Crippen molar-refractivity contribution in [1.29, 1.82) is 0 Å². The minimum absolute atomic E-state index is 0.125. The van der Waals surface area contributed by atoms with Crippen molar-refractivity contribution < 1.29 is 19.4 Å². The zero-order valence-corrected chi connectivity index (χ0v) is 13.9. The molecule has 1 N–H and O–H groups in total. The smallest absolute Gasteiger partial charge is 0.272 e. The van der Waals surface area contributed by atoms with Gasteiger partial charge in [0.05, 0.1) is 18.9 Å². The lowest BCUT2D eigenvalue weighted by Gasteiger charge is -2.33. The number of ether oxygens (including phenoxy) is 2. The Balaban J connectivity index is 2.05. The highest BCUT2D eigenvalue weighted by Crippen LogP contribution is 2.45. The Morgan fingerprint density at radius 1 is 1.25 bits per heavy atom. The summed E-state index contributed by atoms with van der Waals surface area (Å²) >= 11 is 0. The van der Waals surface area contributed by atoms with E-state index in [2.05, 4.69) is 0 Å². The molecule has 0 aromatic heterocycles. The van der Waals surface area contributed by atoms with Gasteiger partial charge in [0, 0.05) is 12.6 Å². The summed E-state index contributed by atoms with van der Waals surface area (Å²) < 4.78 is 11.8. The van der Waals surface area contributed by atoms with Crippen LogP contribution in [-0.4, -0.2) is 24.7 Å². The van der Waals surface area contributed by atoms with Gasteiger partial charge in [0.25, 0.3) is 5.91 Å². The molecule has 5 nitrogen and oxygen atoms in total. The van der Waals surface area contributed by atoms with E-state index in [-0.39, 0.29) is 12.5 Å². The molecule has 1 atom stereocenters. The average Bonchev–Trinajstić information content (AvgIpc) is 2.63. The van der Waals surface area contributed by atoms with Gasteiger partial charge in [-0.25, -0.2) is 0 Å². The molecule has 0 fully saturated rings. The van der Waals surface area contributed by atoms with E-state index in [0.717, 1.165) is 12.0 Å². The summed E-state index contributed by atoms with van der Waals surface area (Å²) in [5, 5.41) is 9.47. The van der Waals surface area contributed by atoms with Crippen LogP contribution in [-0.2, 0) is 11.4 Å². The third-order valence-corrected chi connectivity index (χ3v) is 3.99. The maximum absolute atomic E-state index is 12.7. The first-order chi connectivity index (χ1) is 11.7. The van der Waals surface area contributed by atoms with Crippen molar-refractivity contribution >= 4 is 11.6 Å². The Labute approximate surface area is 141 Å². The number of benzene rings is 2. The second kappa shape index (κ2) is 6.93. The fourth-order valence-corrected chi connectivity index (χ4v) is 2.72. The third-order valence-electron chi connectivity index (χ3n) is 3.99. The second-order valence-electron chi connectivity index (χ2n) is 5.75. The van der Waals surface area contributed by atoms with Crippen molar-refractivity contribution in [2.75, 3.05) is 18.6 Å². The van der Waals surface area contributed by atoms with Gasteiger partial charge in [0.2, 0.25) is 6.10 Å². The Bertz CT molecular complexity index is 730. The van der Waals surface area contributed by atoms with E-state index in [1.807, 2.05) is 37.3 Å². The molecule has 0 spiro atoms. The fraction of sp³-hybridized carbons (Fsp3) is 0.316. The monoisotopic (exact) mass is 327 g/mol. The molecule has 0 bridgehead atoms. The summed E-state index contributed by atoms with van der Waals surface area (Å²) in [6.07, 6.45) is 0.155. The van der Waals surface area contributed by atoms with E-state index in [4.69, 9.17) is 9.47 Å². The topological polar surface area (TPSA) is 59.0 Å². The van der Waals surface area contributed by atoms with Crippen molar-refractivity contribution in [3.8, 4) is 11.5 Å². The summed E-state index contributed by atoms with van der Waals surface area (Å²) in [6, 6.07) is 12.9. The standard InChI is InChI=1S/C19H21NO4/c1-3-9-23-16-11-13(12-21)10-15-18(16)24-17(19(22)20(15)2)14-7-5-4-6-8-14/h4-8,10-11,17,21H,3,9,12H2,1-2H3. The van der Waals surface area contributed by atoms with Gasteiger partial charge >= 0.3 is 0 Å². The van der Waals surface area contributed by atoms with Crippen LogP contribution >= 0.6 is 0 Å². The Kier molecular flexibility index (Phi) is 4.71. The summed E-state index contributed by atoms with van der Waals surface area (Å²) in [5.74, 6) is 0.945. The van der Waals surface area contributed by atoms with Crippen LogP contribution in [0.1, 0.15) is 30.6 Å². The molecule has 1 unspecified atom stereocenters. The number of carbonyl (C=O) groups excluding carboxylic acids is 1. The number of carbonyl (C=O) groups is 1. The van der Waals surface area contributed by atoms with Crippen molar-refractivity contribution in [2.45, 2.75) is 26.1 Å². The molecule has 2 aromatic rings. The van der Waals surface area contributed by atoms with Crippen LogP contribution in [0, 0.1) is 0 Å². The molecule has 24 heavy (non-hydrogen) atoms. The zero-order valence-electron chi connectivity index (χ0n) is 13.9. The highest BCUT2D eigenvalue weighted by molar-refractivity contribution is 6.00. The van der Waals surface area contributed by atoms with Crippen molar-refractivity contribution in [2.24, 2.45) is 0 Å². The predicted octanol–water partition coefficient (Wildman–Crippen LogP) is 3.06. The summed E-state index contributed by atoms with van der Waals surface area (Å²) in [6.45, 7) is 2.43. The molecule has 3 rings (SSSR count). The second-order valence-corrected chi connectivity index (χ2v) is 5.75. The van der Waals surface area contributed by atoms with Crippen LogP contribution in [0.15, 0.2) is 42.5 Å². The van der Waals surface area contributed by atoms with Crippen LogP contribution < -0.4 is 14.4 Å². The average molecular weight is 327 g/mol. The molecule has 0 saturated heterocycles. The SMILES string of the molecule is CCCOc1cc(CO)cc2c1OC(c1ccccc1)C(=O)N2C. The lowest BCUT2D eigenvalue weighted by atomic mass is 10.0. The first kappa shape index (κ1) is 16.3. The Morgan fingerprint density at radius 2 is 2.00 bits per heavy atom. The van der Waals surface area contributed by atoms with E-state index in [9.17, 15) is 9.90 Å². The van der Waals surface area contributed by atoms with Crippen LogP contribution in [0.5, 0.6) is 11.5 Å². The first-order valence-electron chi connectivity index (χ1n) is 8.05. The number of fused-ring (bicyclic) bond motifs is 1. The number of nitrogens with zero attached hydrogens (tertiary/aromatic N) is 1. The van der Waals surface area contributed by atoms with Crippen LogP contribution in [0.2, 0.25) is 0 Å². The minimum atomic E-state index is -0.701. The maximum atomic E-state index is 12.7. The highest BCUT2D eigenvalue weighted by Gasteiger charge is 2.35. The largest absolute Gasteiger partial charge is 0.490 e. The van der Waals surface area contributed by atoms with Gasteiger partial charge in [-0.3, -0.25) is 4.79 Å². The number of amides is 1. The highest BCUT2D eigenvalue weighted by atomic mass is 16.5. The lowest BCUT2D eigenvalue weighted by molar-refractivity contribution is -0.126. The van der Waals surface area contributed by atoms with Crippen molar-refractivity contribution in [3.63, 3.8) is 0 Å². The van der Waals surface area contributed by atoms with E-state index in [0.29, 0.717) is 29.4 Å². The molecule has 1 heterocycles. The van der Waals surface area contributed by atoms with Crippen LogP contribution in [0.4, 0.5) is 5.69 Å². The van der Waals surface area contributed by atoms with Gasteiger partial charge in [0.1, 0.15) is 0 Å². The zero-order chi connectivity index (χ0) is 17.1. The number of hydrogen-bond donors (Lipinski definition) is 1. The Hall–Kier alpha value is -2.53. The van der Waals surface area contributed by atoms with Crippen LogP contribution in [0.3, 0.4) is 0 Å². The number of hydrogen-bond acceptors (Lipinski definition) is 4. The molecule has 0 aliphatic carbocycles. The number of aliphatic hydroxyl groups excluding tert-OH is 1. The van der Waals surface area contributed by atoms with Gasteiger partial charge in [0.15, 0.2) is 11.5 Å². The van der Waals surface area contributed by atoms with E-state index < -0.39 is 6.10 Å². The fourth-order valence-electron chi connectivity index (χ4n) is 2.72. The molecule has 0 radical (unpaired) electrons. The predicted molar refractivity (Wildman–Crippen MR) is 91.4 cm³/mol. The van der Waals surface area contributed by atoms with E-state index >= 15 is 0 Å². The van der Waals surface area contributed by atoms with Crippen molar-refractivity contribution in [3.05, 3.63) is 53.6 Å². The number of anilines is 1. The molecule has 1 amide bonds. The molecule has 1 aliphatic rings. The van der Waals surface area contributed by atoms with Gasteiger partial charge in [-0.05, 0) is 24.1 Å². The molecule has 1 aliphatic heterocycles. The van der Waals surface area contributed by atoms with E-state index in [1.165, 1.54) is 0 Å². The molecular weight excluding hydrogens is 306 g/mol. The van der Waals surface area contributed by atoms with Gasteiger partial charge in [-0.1, -0.05) is 37.3 Å². The molecular formula is C19H21NO4. The lowest BCUT2D eigenvalue weighted by Crippen LogP contribution is -2.38. The van der Waals surface area contributed by atoms with E-state index in [1.54, 1.807) is 24.1 Å². The molecule has 2 aromatic carbocycles. The normalized spacial score (nSPS) is 16.5. The molecule has 5 heteroatoms. The quantitative estimate of drug-likeness (QED) is 0.917. The Morgan fingerprint density at radius 3 is 2.67 bits per heavy atom. The number of rotatable bonds is 5. The van der Waals surface area contributed by atoms with Gasteiger partial charge in [-0.15, -0.1) is 0 Å². The summed E-state index contributed by atoms with van der Waals surface area (Å²) in [4.78, 5) is 14.3. The van der Waals surface area contributed by atoms with Gasteiger partial charge < -0.3 is 19.5 Å². The number of aliphatic hydroxyl groups is 1. The third kappa shape index (κ3) is 2.95. The van der Waals surface area contributed by atoms with Gasteiger partial charge in [-0.2, -0.15) is 0 Å². The summed E-state index contributed by atoms with van der Waals surface area (Å²) in [5.41, 5.74) is 2.10. The molecule has 126 valence electrons. The van der Waals surface area contributed by atoms with Crippen molar-refractivity contribution in [1.82, 2.24) is 0 Å². The van der Waals surface area contributed by atoms with Crippen LogP contribution in [0.25, 0.3) is 0 Å². The summed E-state index contributed by atoms with van der Waals surface area (Å²) in [7, 11) is 1.71. The maximum Gasteiger partial charge on any atom is 0.272 e. The first-order valence-corrected chi connectivity index (χ1v) is 8.05.